The molecule has 5 aliphatic rings. The summed E-state index contributed by atoms with van der Waals surface area (Å²) in [6, 6.07) is 11.3. The Kier molecular flexibility index (Phi) is 12.9. The number of carbonyl (C=O) groups excluding carboxylic acids is 5. The van der Waals surface area contributed by atoms with Crippen LogP contribution < -0.4 is 29.7 Å². The van der Waals surface area contributed by atoms with Gasteiger partial charge < -0.3 is 29.2 Å². The van der Waals surface area contributed by atoms with Gasteiger partial charge in [0.15, 0.2) is 0 Å². The molecular formula is C49H60N8O9. The van der Waals surface area contributed by atoms with Gasteiger partial charge in [0.1, 0.15) is 41.6 Å². The van der Waals surface area contributed by atoms with E-state index in [-0.39, 0.29) is 48.1 Å². The zero-order valence-corrected chi connectivity index (χ0v) is 39.1. The molecule has 3 aromatic rings. The molecule has 1 atom stereocenters. The minimum Gasteiger partial charge on any atom is -0.495 e. The Morgan fingerprint density at radius 1 is 0.909 bits per heavy atom. The first-order chi connectivity index (χ1) is 31.4. The summed E-state index contributed by atoms with van der Waals surface area (Å²) in [5.41, 5.74) is 1.77. The SMILES string of the molecule is COCCN(CC1CCN(c2nc(C)c(C(=O)NC3C(C)(C)C(Oc4ccc(C#N)c(OC)c4)C3(C)C)c(C)n2)CC1)C1CC(Oc2ccc3c(c2)C(=O)N(C2CCC(=O)NC2=O)C3=O)C1. The maximum atomic E-state index is 14.0. The van der Waals surface area contributed by atoms with Crippen LogP contribution in [-0.2, 0) is 14.3 Å². The first-order valence-electron chi connectivity index (χ1n) is 22.9. The van der Waals surface area contributed by atoms with E-state index in [1.54, 1.807) is 43.5 Å². The number of imide groups is 2. The molecule has 3 aliphatic heterocycles. The van der Waals surface area contributed by atoms with Crippen LogP contribution in [0.4, 0.5) is 5.95 Å². The summed E-state index contributed by atoms with van der Waals surface area (Å²) >= 11 is 0. The number of anilines is 1. The monoisotopic (exact) mass is 904 g/mol. The molecule has 17 heteroatoms. The van der Waals surface area contributed by atoms with E-state index >= 15 is 0 Å². The number of fused-ring (bicyclic) bond motifs is 1. The number of aromatic nitrogens is 2. The quantitative estimate of drug-likeness (QED) is 0.198. The van der Waals surface area contributed by atoms with Crippen LogP contribution in [0.3, 0.4) is 0 Å². The molecule has 66 heavy (non-hydrogen) atoms. The lowest BCUT2D eigenvalue weighted by Crippen LogP contribution is -2.74. The number of hydrogen-bond donors (Lipinski definition) is 2. The number of nitriles is 1. The summed E-state index contributed by atoms with van der Waals surface area (Å²) in [4.78, 5) is 80.0. The largest absolute Gasteiger partial charge is 0.495 e. The number of methoxy groups -OCH3 is 2. The molecule has 1 unspecified atom stereocenters. The Balaban J connectivity index is 0.830. The van der Waals surface area contributed by atoms with Crippen molar-refractivity contribution in [2.75, 3.05) is 51.9 Å². The molecule has 17 nitrogen and oxygen atoms in total. The van der Waals surface area contributed by atoms with Gasteiger partial charge in [-0.15, -0.1) is 0 Å². The van der Waals surface area contributed by atoms with Gasteiger partial charge in [-0.1, -0.05) is 27.7 Å². The van der Waals surface area contributed by atoms with Crippen molar-refractivity contribution in [2.45, 2.75) is 110 Å². The van der Waals surface area contributed by atoms with Crippen molar-refractivity contribution in [1.29, 1.82) is 5.26 Å². The van der Waals surface area contributed by atoms with Gasteiger partial charge in [-0.3, -0.25) is 39.1 Å². The Labute approximate surface area is 385 Å². The number of carbonyl (C=O) groups is 5. The molecule has 4 heterocycles. The van der Waals surface area contributed by atoms with Crippen molar-refractivity contribution >= 4 is 35.5 Å². The average Bonchev–Trinajstić information content (AvgIpc) is 3.51. The van der Waals surface area contributed by atoms with Gasteiger partial charge in [-0.05, 0) is 69.4 Å². The summed E-state index contributed by atoms with van der Waals surface area (Å²) in [6.45, 7) is 16.0. The second-order valence-corrected chi connectivity index (χ2v) is 19.5. The zero-order valence-electron chi connectivity index (χ0n) is 39.1. The van der Waals surface area contributed by atoms with Gasteiger partial charge in [0.05, 0.1) is 47.4 Å². The van der Waals surface area contributed by atoms with E-state index in [2.05, 4.69) is 54.2 Å². The van der Waals surface area contributed by atoms with Crippen LogP contribution in [0.25, 0.3) is 0 Å². The lowest BCUT2D eigenvalue weighted by molar-refractivity contribution is -0.164. The van der Waals surface area contributed by atoms with E-state index in [4.69, 9.17) is 28.9 Å². The maximum Gasteiger partial charge on any atom is 0.262 e. The van der Waals surface area contributed by atoms with Crippen LogP contribution >= 0.6 is 0 Å². The van der Waals surface area contributed by atoms with Gasteiger partial charge in [0.2, 0.25) is 17.8 Å². The molecule has 2 aliphatic carbocycles. The molecule has 4 fully saturated rings. The molecule has 0 bridgehead atoms. The predicted octanol–water partition coefficient (Wildman–Crippen LogP) is 4.76. The van der Waals surface area contributed by atoms with Crippen LogP contribution in [0.5, 0.6) is 17.2 Å². The highest BCUT2D eigenvalue weighted by Crippen LogP contribution is 2.56. The summed E-state index contributed by atoms with van der Waals surface area (Å²) in [5, 5.41) is 14.9. The molecule has 1 aromatic heterocycles. The van der Waals surface area contributed by atoms with E-state index in [0.717, 1.165) is 56.8 Å². The van der Waals surface area contributed by atoms with Gasteiger partial charge in [0, 0.05) is 81.5 Å². The number of hydrogen-bond acceptors (Lipinski definition) is 14. The number of piperidine rings is 2. The van der Waals surface area contributed by atoms with Gasteiger partial charge in [-0.25, -0.2) is 9.97 Å². The molecule has 2 aromatic carbocycles. The van der Waals surface area contributed by atoms with E-state index in [9.17, 15) is 29.2 Å². The summed E-state index contributed by atoms with van der Waals surface area (Å²) < 4.78 is 23.7. The van der Waals surface area contributed by atoms with Crippen molar-refractivity contribution in [3.05, 3.63) is 70.0 Å². The molecule has 5 amide bonds. The minimum atomic E-state index is -1.02. The number of rotatable bonds is 15. The third-order valence-electron chi connectivity index (χ3n) is 14.4. The Bertz CT molecular complexity index is 2430. The Morgan fingerprint density at radius 2 is 1.56 bits per heavy atom. The van der Waals surface area contributed by atoms with Gasteiger partial charge >= 0.3 is 0 Å². The van der Waals surface area contributed by atoms with Crippen LogP contribution in [0.15, 0.2) is 36.4 Å². The fourth-order valence-corrected chi connectivity index (χ4v) is 11.1. The van der Waals surface area contributed by atoms with Gasteiger partial charge in [0.25, 0.3) is 17.7 Å². The topological polar surface area (TPSA) is 206 Å². The fourth-order valence-electron chi connectivity index (χ4n) is 11.1. The van der Waals surface area contributed by atoms with Crippen LogP contribution in [0.2, 0.25) is 0 Å². The normalized spacial score (nSPS) is 24.5. The molecule has 2 N–H and O–H groups in total. The smallest absolute Gasteiger partial charge is 0.262 e. The van der Waals surface area contributed by atoms with E-state index < -0.39 is 40.5 Å². The number of benzene rings is 2. The number of nitrogens with zero attached hydrogens (tertiary/aromatic N) is 6. The minimum absolute atomic E-state index is 0.0603. The first-order valence-corrected chi connectivity index (χ1v) is 22.9. The zero-order chi connectivity index (χ0) is 47.2. The summed E-state index contributed by atoms with van der Waals surface area (Å²) in [6.07, 6.45) is 3.41. The van der Waals surface area contributed by atoms with Crippen molar-refractivity contribution in [1.82, 2.24) is 30.4 Å². The van der Waals surface area contributed by atoms with E-state index in [1.807, 2.05) is 13.8 Å². The molecule has 350 valence electrons. The number of aryl methyl sites for hydroxylation is 2. The molecule has 0 radical (unpaired) electrons. The van der Waals surface area contributed by atoms with Crippen LogP contribution in [-0.4, -0.2) is 127 Å². The van der Waals surface area contributed by atoms with Crippen LogP contribution in [0.1, 0.15) is 114 Å². The second-order valence-electron chi connectivity index (χ2n) is 19.5. The van der Waals surface area contributed by atoms with Gasteiger partial charge in [-0.2, -0.15) is 5.26 Å². The van der Waals surface area contributed by atoms with Crippen molar-refractivity contribution in [2.24, 2.45) is 16.7 Å². The highest BCUT2D eigenvalue weighted by Gasteiger charge is 2.64. The first kappa shape index (κ1) is 46.4. The molecule has 2 saturated carbocycles. The highest BCUT2D eigenvalue weighted by molar-refractivity contribution is 6.23. The molecular weight excluding hydrogens is 845 g/mol. The molecule has 8 rings (SSSR count). The van der Waals surface area contributed by atoms with Crippen molar-refractivity contribution in [3.8, 4) is 23.3 Å². The van der Waals surface area contributed by atoms with Crippen molar-refractivity contribution in [3.63, 3.8) is 0 Å². The maximum absolute atomic E-state index is 14.0. The third-order valence-corrected chi connectivity index (χ3v) is 14.4. The fraction of sp³-hybridized carbons (Fsp3) is 0.551. The lowest BCUT2D eigenvalue weighted by Gasteiger charge is -2.63. The summed E-state index contributed by atoms with van der Waals surface area (Å²) in [7, 11) is 3.23. The second kappa shape index (κ2) is 18.3. The Morgan fingerprint density at radius 3 is 2.20 bits per heavy atom. The number of amides is 5. The summed E-state index contributed by atoms with van der Waals surface area (Å²) in [5.74, 6) is 0.267. The Hall–Kier alpha value is -6.12. The van der Waals surface area contributed by atoms with Crippen molar-refractivity contribution < 1.29 is 42.9 Å². The van der Waals surface area contributed by atoms with E-state index in [0.29, 0.717) is 64.3 Å². The predicted molar refractivity (Wildman–Crippen MR) is 241 cm³/mol. The average molecular weight is 905 g/mol. The standard InChI is InChI=1S/C49H60N8O9/c1-27-40(42(60)54-45-48(3,4)46(49(45,5)6)66-33-10-9-30(25-50)38(24-33)64-8)28(2)52-47(51-27)55-17-15-29(16-18-55)26-56(19-20-63-7)31-21-34(22-31)65-32-11-12-35-36(23-32)44(62)57(43(35)61)37-13-14-39(58)53-41(37)59/h9-12,23-24,29,31,34,37,45-46H,13-22,26H2,1-8H3,(H,54,60)(H,53,58,59). The molecule has 0 spiro atoms. The number of nitrogens with one attached hydrogen (secondary N) is 2. The van der Waals surface area contributed by atoms with E-state index in [1.165, 1.54) is 7.11 Å². The highest BCUT2D eigenvalue weighted by atomic mass is 16.5. The van der Waals surface area contributed by atoms with Crippen LogP contribution in [0, 0.1) is 41.9 Å². The number of ether oxygens (including phenoxy) is 4. The molecule has 2 saturated heterocycles. The lowest BCUT2D eigenvalue weighted by atomic mass is 9.49. The third kappa shape index (κ3) is 8.68.